The van der Waals surface area contributed by atoms with Crippen molar-refractivity contribution in [2.24, 2.45) is 10.3 Å². The van der Waals surface area contributed by atoms with E-state index in [0.717, 1.165) is 25.0 Å². The number of hydrogen-bond donors (Lipinski definition) is 2. The molecule has 0 aromatic carbocycles. The lowest BCUT2D eigenvalue weighted by atomic mass is 10.1. The van der Waals surface area contributed by atoms with Crippen molar-refractivity contribution in [3.8, 4) is 0 Å². The summed E-state index contributed by atoms with van der Waals surface area (Å²) < 4.78 is 0. The number of nitrogens with one attached hydrogen (secondary N) is 1. The van der Waals surface area contributed by atoms with Gasteiger partial charge in [-0.15, -0.1) is 0 Å². The van der Waals surface area contributed by atoms with Gasteiger partial charge in [-0.25, -0.2) is 5.53 Å². The maximum atomic E-state index is 6.74. The van der Waals surface area contributed by atoms with E-state index in [9.17, 15) is 0 Å². The highest BCUT2D eigenvalue weighted by molar-refractivity contribution is 7.97. The van der Waals surface area contributed by atoms with Gasteiger partial charge < -0.3 is 0 Å². The number of nitrogens with two attached hydrogens (primary N) is 1. The molecule has 56 valence electrons. The molecule has 3 nitrogen and oxygen atoms in total. The predicted molar refractivity (Wildman–Crippen MR) is 42.6 cm³/mol. The third kappa shape index (κ3) is 1.82. The van der Waals surface area contributed by atoms with E-state index >= 15 is 0 Å². The van der Waals surface area contributed by atoms with Gasteiger partial charge >= 0.3 is 0 Å². The predicted octanol–water partition coefficient (Wildman–Crippen LogP) is 2.06. The van der Waals surface area contributed by atoms with Crippen LogP contribution in [0.4, 0.5) is 0 Å². The Kier molecular flexibility index (Phi) is 2.89. The molecule has 0 bridgehead atoms. The van der Waals surface area contributed by atoms with Crippen LogP contribution in [0.3, 0.4) is 0 Å². The highest BCUT2D eigenvalue weighted by Gasteiger charge is 2.12. The van der Waals surface area contributed by atoms with Gasteiger partial charge in [0.15, 0.2) is 0 Å². The molecule has 1 atom stereocenters. The van der Waals surface area contributed by atoms with Crippen LogP contribution < -0.4 is 5.14 Å². The minimum atomic E-state index is 0.547. The van der Waals surface area contributed by atoms with Crippen LogP contribution in [0, 0.1) is 5.53 Å². The molecule has 1 rings (SSSR count). The van der Waals surface area contributed by atoms with Gasteiger partial charge in [0.25, 0.3) is 0 Å². The van der Waals surface area contributed by atoms with Gasteiger partial charge in [-0.3, -0.25) is 5.14 Å². The third-order valence-corrected chi connectivity index (χ3v) is 2.49. The van der Waals surface area contributed by atoms with E-state index in [1.807, 2.05) is 6.08 Å². The Morgan fingerprint density at radius 3 is 3.00 bits per heavy atom. The molecule has 0 fully saturated rings. The summed E-state index contributed by atoms with van der Waals surface area (Å²) in [5, 5.41) is 9.32. The van der Waals surface area contributed by atoms with Crippen molar-refractivity contribution < 1.29 is 0 Å². The van der Waals surface area contributed by atoms with E-state index in [4.69, 9.17) is 10.7 Å². The van der Waals surface area contributed by atoms with Gasteiger partial charge in [0.05, 0.1) is 5.70 Å². The Balaban J connectivity index is 2.43. The van der Waals surface area contributed by atoms with Crippen molar-refractivity contribution in [2.45, 2.75) is 24.5 Å². The van der Waals surface area contributed by atoms with Gasteiger partial charge in [-0.2, -0.15) is 5.11 Å². The Morgan fingerprint density at radius 1 is 1.80 bits per heavy atom. The maximum absolute atomic E-state index is 6.74. The maximum Gasteiger partial charge on any atom is 0.0584 e. The first-order valence-corrected chi connectivity index (χ1v) is 4.23. The number of allylic oxidation sites excluding steroid dienone is 2. The van der Waals surface area contributed by atoms with E-state index in [1.54, 1.807) is 0 Å². The monoisotopic (exact) mass is 157 g/mol. The van der Waals surface area contributed by atoms with Crippen molar-refractivity contribution in [1.29, 1.82) is 5.53 Å². The molecule has 0 heterocycles. The second-order valence-electron chi connectivity index (χ2n) is 2.34. The summed E-state index contributed by atoms with van der Waals surface area (Å²) in [6.45, 7) is 0. The first-order valence-electron chi connectivity index (χ1n) is 3.29. The molecule has 1 aliphatic rings. The minimum Gasteiger partial charge on any atom is -0.278 e. The molecule has 0 spiro atoms. The molecule has 0 unspecified atom stereocenters. The minimum absolute atomic E-state index is 0.547. The average molecular weight is 157 g/mol. The average Bonchev–Trinajstić information content (AvgIpc) is 2.05. The highest BCUT2D eigenvalue weighted by Crippen LogP contribution is 2.24. The standard InChI is InChI=1S/C6H11N3S/c7-9-5-1-3-6(10-8)4-2-5/h1,6-7H,2-4,8H2/t6-/m1/s1. The van der Waals surface area contributed by atoms with E-state index in [2.05, 4.69) is 5.11 Å². The molecule has 0 saturated carbocycles. The molecular formula is C6H11N3S. The number of hydrogen-bond acceptors (Lipinski definition) is 4. The fourth-order valence-electron chi connectivity index (χ4n) is 1.02. The fourth-order valence-corrected chi connectivity index (χ4v) is 1.48. The molecule has 0 aliphatic heterocycles. The van der Waals surface area contributed by atoms with Gasteiger partial charge in [-0.1, -0.05) is 18.0 Å². The summed E-state index contributed by atoms with van der Waals surface area (Å²) >= 11 is 1.41. The van der Waals surface area contributed by atoms with Crippen LogP contribution in [0.1, 0.15) is 19.3 Å². The normalized spacial score (nSPS) is 25.7. The Hall–Kier alpha value is -0.350. The molecule has 1 aliphatic carbocycles. The van der Waals surface area contributed by atoms with Crippen LogP contribution in [0.15, 0.2) is 16.9 Å². The summed E-state index contributed by atoms with van der Waals surface area (Å²) in [6.07, 6.45) is 4.95. The third-order valence-electron chi connectivity index (χ3n) is 1.67. The zero-order valence-electron chi connectivity index (χ0n) is 5.71. The van der Waals surface area contributed by atoms with Crippen LogP contribution in [-0.4, -0.2) is 5.25 Å². The number of rotatable bonds is 2. The highest BCUT2D eigenvalue weighted by atomic mass is 32.2. The topological polar surface area (TPSA) is 62.2 Å². The van der Waals surface area contributed by atoms with E-state index in [1.165, 1.54) is 11.9 Å². The summed E-state index contributed by atoms with van der Waals surface area (Å²) in [5.74, 6) is 0. The Morgan fingerprint density at radius 2 is 2.60 bits per heavy atom. The number of nitrogens with zero attached hydrogens (tertiary/aromatic N) is 1. The molecule has 0 aromatic heterocycles. The summed E-state index contributed by atoms with van der Waals surface area (Å²) in [5.41, 5.74) is 7.65. The SMILES string of the molecule is N=NC1=CC[C@@H](SN)CC1. The molecule has 0 aromatic rings. The van der Waals surface area contributed by atoms with Crippen molar-refractivity contribution in [2.75, 3.05) is 0 Å². The van der Waals surface area contributed by atoms with Gasteiger partial charge in [0.1, 0.15) is 0 Å². The van der Waals surface area contributed by atoms with Crippen LogP contribution in [0.5, 0.6) is 0 Å². The van der Waals surface area contributed by atoms with Crippen molar-refractivity contribution in [1.82, 2.24) is 0 Å². The summed E-state index contributed by atoms with van der Waals surface area (Å²) in [7, 11) is 0. The first-order chi connectivity index (χ1) is 4.86. The lowest BCUT2D eigenvalue weighted by Crippen LogP contribution is -2.08. The summed E-state index contributed by atoms with van der Waals surface area (Å²) in [6, 6.07) is 0. The zero-order valence-corrected chi connectivity index (χ0v) is 6.53. The zero-order chi connectivity index (χ0) is 7.40. The van der Waals surface area contributed by atoms with E-state index in [0.29, 0.717) is 5.25 Å². The van der Waals surface area contributed by atoms with E-state index in [-0.39, 0.29) is 0 Å². The van der Waals surface area contributed by atoms with Crippen LogP contribution in [0.2, 0.25) is 0 Å². The second kappa shape index (κ2) is 3.73. The quantitative estimate of drug-likeness (QED) is 0.476. The molecule has 10 heavy (non-hydrogen) atoms. The van der Waals surface area contributed by atoms with E-state index < -0.39 is 0 Å². The Labute approximate surface area is 64.7 Å². The van der Waals surface area contributed by atoms with Crippen molar-refractivity contribution in [3.05, 3.63) is 11.8 Å². The van der Waals surface area contributed by atoms with Crippen molar-refractivity contribution >= 4 is 11.9 Å². The van der Waals surface area contributed by atoms with Crippen LogP contribution in [0.25, 0.3) is 0 Å². The lowest BCUT2D eigenvalue weighted by molar-refractivity contribution is 0.700. The van der Waals surface area contributed by atoms with Gasteiger partial charge in [0.2, 0.25) is 0 Å². The largest absolute Gasteiger partial charge is 0.278 e. The van der Waals surface area contributed by atoms with Gasteiger partial charge in [-0.05, 0) is 19.3 Å². The molecule has 0 saturated heterocycles. The van der Waals surface area contributed by atoms with Gasteiger partial charge in [0, 0.05) is 5.25 Å². The fraction of sp³-hybridized carbons (Fsp3) is 0.667. The van der Waals surface area contributed by atoms with Crippen LogP contribution in [-0.2, 0) is 0 Å². The summed E-state index contributed by atoms with van der Waals surface area (Å²) in [4.78, 5) is 0. The first kappa shape index (κ1) is 7.75. The van der Waals surface area contributed by atoms with Crippen LogP contribution >= 0.6 is 11.9 Å². The molecule has 0 radical (unpaired) electrons. The molecule has 3 N–H and O–H groups in total. The molecule has 0 amide bonds. The molecular weight excluding hydrogens is 146 g/mol. The smallest absolute Gasteiger partial charge is 0.0584 e. The second-order valence-corrected chi connectivity index (χ2v) is 3.28. The lowest BCUT2D eigenvalue weighted by Gasteiger charge is -2.15. The molecule has 4 heteroatoms. The Bertz CT molecular complexity index is 155. The van der Waals surface area contributed by atoms with Crippen molar-refractivity contribution in [3.63, 3.8) is 0 Å².